The Kier molecular flexibility index (Phi) is 4.04. The van der Waals surface area contributed by atoms with Gasteiger partial charge in [-0.25, -0.2) is 0 Å². The molecule has 0 saturated heterocycles. The fraction of sp³-hybridized carbons (Fsp3) is 0.562. The van der Waals surface area contributed by atoms with E-state index in [-0.39, 0.29) is 5.54 Å². The molecule has 110 valence electrons. The fourth-order valence-electron chi connectivity index (χ4n) is 2.64. The molecule has 0 aromatic heterocycles. The van der Waals surface area contributed by atoms with Crippen molar-refractivity contribution in [3.8, 4) is 0 Å². The molecule has 1 aromatic carbocycles. The third-order valence-corrected chi connectivity index (χ3v) is 4.32. The van der Waals surface area contributed by atoms with Gasteiger partial charge in [0.1, 0.15) is 0 Å². The molecule has 1 atom stereocenters. The molecule has 0 radical (unpaired) electrons. The van der Waals surface area contributed by atoms with E-state index in [1.165, 1.54) is 16.7 Å². The summed E-state index contributed by atoms with van der Waals surface area (Å²) in [5, 5.41) is 0. The number of hydrogen-bond acceptors (Lipinski definition) is 4. The van der Waals surface area contributed by atoms with Crippen LogP contribution in [0, 0.1) is 13.8 Å². The normalized spacial score (nSPS) is 22.5. The SMILES string of the molecule is Cc1ccc(C2(C)CN=C(N)N2CCN(C)C)cc1C. The van der Waals surface area contributed by atoms with Gasteiger partial charge < -0.3 is 15.5 Å². The maximum absolute atomic E-state index is 6.10. The highest BCUT2D eigenvalue weighted by Crippen LogP contribution is 2.33. The van der Waals surface area contributed by atoms with Crippen LogP contribution in [0.15, 0.2) is 23.2 Å². The second-order valence-electron chi connectivity index (χ2n) is 6.20. The van der Waals surface area contributed by atoms with E-state index in [0.29, 0.717) is 5.96 Å². The van der Waals surface area contributed by atoms with Crippen molar-refractivity contribution in [2.24, 2.45) is 10.7 Å². The lowest BCUT2D eigenvalue weighted by molar-refractivity contribution is 0.205. The molecule has 0 spiro atoms. The molecule has 1 aliphatic heterocycles. The van der Waals surface area contributed by atoms with Gasteiger partial charge in [-0.15, -0.1) is 0 Å². The van der Waals surface area contributed by atoms with Gasteiger partial charge in [-0.3, -0.25) is 4.99 Å². The number of hydrogen-bond donors (Lipinski definition) is 1. The minimum absolute atomic E-state index is 0.126. The third-order valence-electron chi connectivity index (χ3n) is 4.32. The first-order valence-electron chi connectivity index (χ1n) is 7.14. The van der Waals surface area contributed by atoms with Crippen molar-refractivity contribution in [2.45, 2.75) is 26.3 Å². The fourth-order valence-corrected chi connectivity index (χ4v) is 2.64. The van der Waals surface area contributed by atoms with Crippen molar-refractivity contribution < 1.29 is 0 Å². The highest BCUT2D eigenvalue weighted by molar-refractivity contribution is 5.81. The molecule has 4 heteroatoms. The summed E-state index contributed by atoms with van der Waals surface area (Å²) >= 11 is 0. The number of guanidine groups is 1. The van der Waals surface area contributed by atoms with Crippen LogP contribution in [0.25, 0.3) is 0 Å². The van der Waals surface area contributed by atoms with Crippen LogP contribution in [0.1, 0.15) is 23.6 Å². The van der Waals surface area contributed by atoms with Gasteiger partial charge in [0.05, 0.1) is 12.1 Å². The molecule has 2 N–H and O–H groups in total. The smallest absolute Gasteiger partial charge is 0.192 e. The van der Waals surface area contributed by atoms with Crippen molar-refractivity contribution in [1.82, 2.24) is 9.80 Å². The quantitative estimate of drug-likeness (QED) is 0.909. The Morgan fingerprint density at radius 3 is 2.60 bits per heavy atom. The van der Waals surface area contributed by atoms with Crippen LogP contribution in [0.4, 0.5) is 0 Å². The van der Waals surface area contributed by atoms with Gasteiger partial charge >= 0.3 is 0 Å². The monoisotopic (exact) mass is 274 g/mol. The van der Waals surface area contributed by atoms with Crippen molar-refractivity contribution in [1.29, 1.82) is 0 Å². The van der Waals surface area contributed by atoms with Crippen LogP contribution >= 0.6 is 0 Å². The first kappa shape index (κ1) is 14.9. The number of aryl methyl sites for hydroxylation is 2. The van der Waals surface area contributed by atoms with E-state index in [1.54, 1.807) is 0 Å². The zero-order chi connectivity index (χ0) is 14.9. The third kappa shape index (κ3) is 2.66. The van der Waals surface area contributed by atoms with Gasteiger partial charge in [0.2, 0.25) is 0 Å². The van der Waals surface area contributed by atoms with E-state index in [4.69, 9.17) is 5.73 Å². The van der Waals surface area contributed by atoms with Crippen LogP contribution in [0.2, 0.25) is 0 Å². The highest BCUT2D eigenvalue weighted by atomic mass is 15.4. The Bertz CT molecular complexity index is 521. The van der Waals surface area contributed by atoms with Gasteiger partial charge in [0.25, 0.3) is 0 Å². The maximum Gasteiger partial charge on any atom is 0.192 e. The molecule has 0 fully saturated rings. The predicted molar refractivity (Wildman–Crippen MR) is 85.0 cm³/mol. The van der Waals surface area contributed by atoms with Crippen LogP contribution in [0.3, 0.4) is 0 Å². The van der Waals surface area contributed by atoms with Crippen LogP contribution < -0.4 is 5.73 Å². The molecular formula is C16H26N4. The molecule has 1 heterocycles. The summed E-state index contributed by atoms with van der Waals surface area (Å²) in [6.07, 6.45) is 0. The summed E-state index contributed by atoms with van der Waals surface area (Å²) in [4.78, 5) is 8.89. The van der Waals surface area contributed by atoms with Gasteiger partial charge in [0.15, 0.2) is 5.96 Å². The summed E-state index contributed by atoms with van der Waals surface area (Å²) in [5.74, 6) is 0.660. The highest BCUT2D eigenvalue weighted by Gasteiger charge is 2.39. The van der Waals surface area contributed by atoms with E-state index in [9.17, 15) is 0 Å². The van der Waals surface area contributed by atoms with Gasteiger partial charge in [-0.05, 0) is 51.6 Å². The number of likely N-dealkylation sites (N-methyl/N-ethyl adjacent to an activating group) is 1. The molecule has 0 amide bonds. The van der Waals surface area contributed by atoms with E-state index < -0.39 is 0 Å². The topological polar surface area (TPSA) is 44.9 Å². The lowest BCUT2D eigenvalue weighted by Crippen LogP contribution is -2.49. The van der Waals surface area contributed by atoms with E-state index in [1.807, 2.05) is 0 Å². The second-order valence-corrected chi connectivity index (χ2v) is 6.20. The zero-order valence-corrected chi connectivity index (χ0v) is 13.3. The summed E-state index contributed by atoms with van der Waals surface area (Å²) < 4.78 is 0. The van der Waals surface area contributed by atoms with Gasteiger partial charge in [-0.2, -0.15) is 0 Å². The Hall–Kier alpha value is -1.55. The molecule has 2 rings (SSSR count). The van der Waals surface area contributed by atoms with Crippen LogP contribution in [0.5, 0.6) is 0 Å². The molecular weight excluding hydrogens is 248 g/mol. The van der Waals surface area contributed by atoms with Crippen LogP contribution in [-0.2, 0) is 5.54 Å². The minimum atomic E-state index is -0.126. The zero-order valence-electron chi connectivity index (χ0n) is 13.3. The first-order chi connectivity index (χ1) is 9.34. The van der Waals surface area contributed by atoms with Gasteiger partial charge in [-0.1, -0.05) is 18.2 Å². The standard InChI is InChI=1S/C16H26N4/c1-12-6-7-14(10-13(12)2)16(3)11-18-15(17)20(16)9-8-19(4)5/h6-7,10H,8-9,11H2,1-5H3,(H2,17,18). The number of nitrogens with two attached hydrogens (primary N) is 1. The molecule has 1 aromatic rings. The molecule has 4 nitrogen and oxygen atoms in total. The summed E-state index contributed by atoms with van der Waals surface area (Å²) in [5.41, 5.74) is 9.92. The molecule has 1 unspecified atom stereocenters. The number of rotatable bonds is 4. The second kappa shape index (κ2) is 5.44. The largest absolute Gasteiger partial charge is 0.370 e. The first-order valence-corrected chi connectivity index (χ1v) is 7.14. The van der Waals surface area contributed by atoms with E-state index in [2.05, 4.69) is 67.9 Å². The summed E-state index contributed by atoms with van der Waals surface area (Å²) in [7, 11) is 4.16. The Balaban J connectivity index is 2.29. The van der Waals surface area contributed by atoms with Crippen molar-refractivity contribution in [3.63, 3.8) is 0 Å². The molecule has 1 aliphatic rings. The van der Waals surface area contributed by atoms with Crippen LogP contribution in [-0.4, -0.2) is 49.5 Å². The lowest BCUT2D eigenvalue weighted by atomic mass is 9.89. The van der Waals surface area contributed by atoms with Crippen molar-refractivity contribution in [3.05, 3.63) is 34.9 Å². The maximum atomic E-state index is 6.10. The molecule has 0 saturated carbocycles. The summed E-state index contributed by atoms with van der Waals surface area (Å²) in [6, 6.07) is 6.67. The molecule has 0 aliphatic carbocycles. The van der Waals surface area contributed by atoms with Crippen molar-refractivity contribution in [2.75, 3.05) is 33.7 Å². The van der Waals surface area contributed by atoms with E-state index >= 15 is 0 Å². The number of nitrogens with zero attached hydrogens (tertiary/aromatic N) is 3. The molecule has 20 heavy (non-hydrogen) atoms. The number of benzene rings is 1. The number of aliphatic imine (C=N–C) groups is 1. The van der Waals surface area contributed by atoms with Gasteiger partial charge in [0, 0.05) is 13.1 Å². The lowest BCUT2D eigenvalue weighted by Gasteiger charge is -2.37. The Morgan fingerprint density at radius 1 is 1.30 bits per heavy atom. The average molecular weight is 274 g/mol. The average Bonchev–Trinajstić information content (AvgIpc) is 2.67. The Morgan fingerprint density at radius 2 is 2.00 bits per heavy atom. The predicted octanol–water partition coefficient (Wildman–Crippen LogP) is 1.71. The minimum Gasteiger partial charge on any atom is -0.370 e. The van der Waals surface area contributed by atoms with E-state index in [0.717, 1.165) is 19.6 Å². The summed E-state index contributed by atoms with van der Waals surface area (Å²) in [6.45, 7) is 9.13. The molecule has 0 bridgehead atoms. The van der Waals surface area contributed by atoms with Crippen molar-refractivity contribution >= 4 is 5.96 Å². The Labute approximate surface area is 122 Å².